The molecule has 0 amide bonds. The molecule has 0 unspecified atom stereocenters. The molecule has 0 saturated heterocycles. The van der Waals surface area contributed by atoms with Gasteiger partial charge in [-0.3, -0.25) is 9.36 Å². The number of hydrogen-bond acceptors (Lipinski definition) is 5. The van der Waals surface area contributed by atoms with E-state index in [0.29, 0.717) is 22.2 Å². The largest absolute Gasteiger partial charge is 0.286 e. The topological polar surface area (TPSA) is 47.8 Å². The molecular formula is C25H20ClN3OS2. The third-order valence-electron chi connectivity index (χ3n) is 5.46. The maximum atomic E-state index is 13.6. The van der Waals surface area contributed by atoms with Crippen molar-refractivity contribution in [2.45, 2.75) is 30.3 Å². The molecule has 0 spiro atoms. The highest BCUT2D eigenvalue weighted by molar-refractivity contribution is 7.98. The molecule has 0 N–H and O–H groups in total. The minimum atomic E-state index is -0.0116. The summed E-state index contributed by atoms with van der Waals surface area (Å²) in [5.41, 5.74) is 2.93. The van der Waals surface area contributed by atoms with E-state index in [9.17, 15) is 4.79 Å². The zero-order valence-corrected chi connectivity index (χ0v) is 19.8. The molecule has 0 aliphatic carbocycles. The lowest BCUT2D eigenvalue weighted by atomic mass is 10.0. The summed E-state index contributed by atoms with van der Waals surface area (Å²) in [4.78, 5) is 23.9. The van der Waals surface area contributed by atoms with Crippen LogP contribution in [-0.2, 0) is 12.3 Å². The van der Waals surface area contributed by atoms with Crippen LogP contribution in [0.1, 0.15) is 24.0 Å². The van der Waals surface area contributed by atoms with Gasteiger partial charge in [0, 0.05) is 28.9 Å². The second-order valence-corrected chi connectivity index (χ2v) is 9.99. The van der Waals surface area contributed by atoms with Gasteiger partial charge in [0.1, 0.15) is 9.53 Å². The Bertz CT molecular complexity index is 1460. The van der Waals surface area contributed by atoms with Gasteiger partial charge in [0.15, 0.2) is 5.16 Å². The predicted octanol–water partition coefficient (Wildman–Crippen LogP) is 6.76. The molecule has 160 valence electrons. The number of halogens is 1. The van der Waals surface area contributed by atoms with Crippen molar-refractivity contribution < 1.29 is 0 Å². The van der Waals surface area contributed by atoms with Gasteiger partial charge in [-0.25, -0.2) is 9.97 Å². The first-order valence-electron chi connectivity index (χ1n) is 10.3. The zero-order chi connectivity index (χ0) is 22.1. The second-order valence-electron chi connectivity index (χ2n) is 7.64. The molecule has 0 aliphatic rings. The van der Waals surface area contributed by atoms with Crippen molar-refractivity contribution in [1.82, 2.24) is 14.5 Å². The predicted molar refractivity (Wildman–Crippen MR) is 135 cm³/mol. The average Bonchev–Trinajstić information content (AvgIpc) is 3.20. The molecule has 3 heterocycles. The third-order valence-corrected chi connectivity index (χ3v) is 7.94. The SMILES string of the molecule is C[C@H](Cn1c(SCc2ccccc2Cl)nc2c(sc3ncccc32)c1=O)c1ccccc1. The number of rotatable bonds is 6. The Morgan fingerprint density at radius 1 is 1.06 bits per heavy atom. The second kappa shape index (κ2) is 9.06. The number of hydrogen-bond donors (Lipinski definition) is 0. The Kier molecular flexibility index (Phi) is 6.00. The van der Waals surface area contributed by atoms with Crippen molar-refractivity contribution in [3.63, 3.8) is 0 Å². The number of pyridine rings is 1. The van der Waals surface area contributed by atoms with Crippen LogP contribution in [-0.4, -0.2) is 14.5 Å². The molecule has 7 heteroatoms. The molecule has 4 nitrogen and oxygen atoms in total. The Balaban J connectivity index is 1.61. The Hall–Kier alpha value is -2.67. The van der Waals surface area contributed by atoms with Crippen LogP contribution >= 0.6 is 34.7 Å². The molecule has 2 aromatic carbocycles. The molecule has 0 radical (unpaired) electrons. The van der Waals surface area contributed by atoms with Gasteiger partial charge < -0.3 is 0 Å². The van der Waals surface area contributed by atoms with Crippen LogP contribution in [0.3, 0.4) is 0 Å². The Labute approximate surface area is 198 Å². The smallest absolute Gasteiger partial charge is 0.272 e. The van der Waals surface area contributed by atoms with Gasteiger partial charge in [0.2, 0.25) is 0 Å². The Morgan fingerprint density at radius 2 is 1.84 bits per heavy atom. The number of thiophene rings is 1. The number of benzene rings is 2. The zero-order valence-electron chi connectivity index (χ0n) is 17.4. The molecule has 0 fully saturated rings. The van der Waals surface area contributed by atoms with Gasteiger partial charge >= 0.3 is 0 Å². The summed E-state index contributed by atoms with van der Waals surface area (Å²) in [5.74, 6) is 0.804. The van der Waals surface area contributed by atoms with Crippen LogP contribution in [0.15, 0.2) is 82.9 Å². The maximum absolute atomic E-state index is 13.6. The summed E-state index contributed by atoms with van der Waals surface area (Å²) in [6.45, 7) is 2.69. The van der Waals surface area contributed by atoms with E-state index in [4.69, 9.17) is 16.6 Å². The maximum Gasteiger partial charge on any atom is 0.272 e. The number of fused-ring (bicyclic) bond motifs is 3. The summed E-state index contributed by atoms with van der Waals surface area (Å²) in [6, 6.07) is 21.9. The van der Waals surface area contributed by atoms with Crippen molar-refractivity contribution in [3.05, 3.63) is 99.4 Å². The van der Waals surface area contributed by atoms with E-state index in [2.05, 4.69) is 24.0 Å². The van der Waals surface area contributed by atoms with Gasteiger partial charge in [-0.1, -0.05) is 78.8 Å². The van der Waals surface area contributed by atoms with Crippen molar-refractivity contribution in [1.29, 1.82) is 0 Å². The molecule has 0 bridgehead atoms. The fourth-order valence-corrected chi connectivity index (χ4v) is 6.05. The fraction of sp³-hybridized carbons (Fsp3) is 0.160. The summed E-state index contributed by atoms with van der Waals surface area (Å²) >= 11 is 9.33. The van der Waals surface area contributed by atoms with E-state index in [0.717, 1.165) is 26.3 Å². The molecular weight excluding hydrogens is 458 g/mol. The van der Waals surface area contributed by atoms with E-state index < -0.39 is 0 Å². The van der Waals surface area contributed by atoms with E-state index in [1.54, 1.807) is 18.0 Å². The van der Waals surface area contributed by atoms with Crippen LogP contribution in [0, 0.1) is 0 Å². The first-order valence-corrected chi connectivity index (χ1v) is 12.5. The minimum Gasteiger partial charge on any atom is -0.286 e. The van der Waals surface area contributed by atoms with E-state index in [1.807, 2.05) is 59.2 Å². The van der Waals surface area contributed by atoms with Gasteiger partial charge in [-0.2, -0.15) is 0 Å². The lowest BCUT2D eigenvalue weighted by molar-refractivity contribution is 0.532. The quantitative estimate of drug-likeness (QED) is 0.200. The molecule has 0 aliphatic heterocycles. The minimum absolute atomic E-state index is 0.0116. The van der Waals surface area contributed by atoms with Gasteiger partial charge in [0.05, 0.1) is 5.52 Å². The summed E-state index contributed by atoms with van der Waals surface area (Å²) < 4.78 is 2.47. The summed E-state index contributed by atoms with van der Waals surface area (Å²) in [7, 11) is 0. The molecule has 3 aromatic heterocycles. The van der Waals surface area contributed by atoms with Crippen molar-refractivity contribution in [2.75, 3.05) is 0 Å². The van der Waals surface area contributed by atoms with Crippen LogP contribution in [0.4, 0.5) is 0 Å². The standard InChI is InChI=1S/C25H20ClN3OS2/c1-16(17-8-3-2-4-9-17)14-29-24(30)22-21(19-11-7-13-27-23(19)32-22)28-25(29)31-15-18-10-5-6-12-20(18)26/h2-13,16H,14-15H2,1H3/t16-/m1/s1. The highest BCUT2D eigenvalue weighted by atomic mass is 35.5. The lowest BCUT2D eigenvalue weighted by Gasteiger charge is -2.17. The molecule has 1 atom stereocenters. The molecule has 5 rings (SSSR count). The average molecular weight is 478 g/mol. The van der Waals surface area contributed by atoms with E-state index >= 15 is 0 Å². The fourth-order valence-electron chi connectivity index (χ4n) is 3.73. The van der Waals surface area contributed by atoms with Crippen LogP contribution < -0.4 is 5.56 Å². The van der Waals surface area contributed by atoms with Crippen LogP contribution in [0.2, 0.25) is 5.02 Å². The number of thioether (sulfide) groups is 1. The third kappa shape index (κ3) is 4.06. The van der Waals surface area contributed by atoms with Gasteiger partial charge in [0.25, 0.3) is 5.56 Å². The van der Waals surface area contributed by atoms with Crippen molar-refractivity contribution >= 4 is 55.1 Å². The van der Waals surface area contributed by atoms with Gasteiger partial charge in [-0.15, -0.1) is 11.3 Å². The highest BCUT2D eigenvalue weighted by Crippen LogP contribution is 2.32. The summed E-state index contributed by atoms with van der Waals surface area (Å²) in [6.07, 6.45) is 1.75. The molecule has 0 saturated carbocycles. The van der Waals surface area contributed by atoms with Crippen molar-refractivity contribution in [2.24, 2.45) is 0 Å². The first kappa shape index (κ1) is 21.2. The number of nitrogens with zero attached hydrogens (tertiary/aromatic N) is 3. The molecule has 5 aromatic rings. The highest BCUT2D eigenvalue weighted by Gasteiger charge is 2.19. The van der Waals surface area contributed by atoms with Gasteiger partial charge in [-0.05, 0) is 35.2 Å². The van der Waals surface area contributed by atoms with Crippen LogP contribution in [0.5, 0.6) is 0 Å². The van der Waals surface area contributed by atoms with E-state index in [-0.39, 0.29) is 11.5 Å². The Morgan fingerprint density at radius 3 is 2.66 bits per heavy atom. The lowest BCUT2D eigenvalue weighted by Crippen LogP contribution is -2.25. The van der Waals surface area contributed by atoms with E-state index in [1.165, 1.54) is 16.9 Å². The normalized spacial score (nSPS) is 12.4. The molecule has 32 heavy (non-hydrogen) atoms. The first-order chi connectivity index (χ1) is 15.6. The van der Waals surface area contributed by atoms with Crippen LogP contribution in [0.25, 0.3) is 20.4 Å². The summed E-state index contributed by atoms with van der Waals surface area (Å²) in [5, 5.41) is 2.35. The number of aromatic nitrogens is 3. The monoisotopic (exact) mass is 477 g/mol. The van der Waals surface area contributed by atoms with Crippen molar-refractivity contribution in [3.8, 4) is 0 Å².